The number of benzene rings is 1. The maximum atomic E-state index is 13.8. The van der Waals surface area contributed by atoms with Crippen molar-refractivity contribution in [1.29, 1.82) is 0 Å². The third kappa shape index (κ3) is 2.44. The lowest BCUT2D eigenvalue weighted by Crippen LogP contribution is -2.12. The van der Waals surface area contributed by atoms with Gasteiger partial charge in [-0.25, -0.2) is 12.8 Å². The van der Waals surface area contributed by atoms with Crippen molar-refractivity contribution >= 4 is 15.6 Å². The highest BCUT2D eigenvalue weighted by molar-refractivity contribution is 7.92. The van der Waals surface area contributed by atoms with Crippen LogP contribution in [0.3, 0.4) is 0 Å². The predicted molar refractivity (Wildman–Crippen MR) is 64.6 cm³/mol. The number of nitrogens with two attached hydrogens (primary N) is 1. The highest BCUT2D eigenvalue weighted by atomic mass is 32.2. The molecule has 0 amide bonds. The summed E-state index contributed by atoms with van der Waals surface area (Å²) in [5.74, 6) is -1.14. The third-order valence-corrected chi connectivity index (χ3v) is 5.19. The van der Waals surface area contributed by atoms with Crippen molar-refractivity contribution in [3.8, 4) is 0 Å². The van der Waals surface area contributed by atoms with E-state index in [2.05, 4.69) is 0 Å². The van der Waals surface area contributed by atoms with E-state index in [1.807, 2.05) is 0 Å². The summed E-state index contributed by atoms with van der Waals surface area (Å²) in [6, 6.07) is 3.50. The lowest BCUT2D eigenvalue weighted by molar-refractivity contribution is 0.0985. The van der Waals surface area contributed by atoms with Crippen LogP contribution in [-0.4, -0.2) is 26.0 Å². The van der Waals surface area contributed by atoms with Crippen LogP contribution >= 0.6 is 0 Å². The molecule has 2 rings (SSSR count). The normalized spacial score (nSPS) is 15.7. The van der Waals surface area contributed by atoms with Crippen LogP contribution in [0.2, 0.25) is 0 Å². The molecule has 0 bridgehead atoms. The highest BCUT2D eigenvalue weighted by Crippen LogP contribution is 2.34. The van der Waals surface area contributed by atoms with Gasteiger partial charge in [-0.15, -0.1) is 0 Å². The molecule has 0 spiro atoms. The van der Waals surface area contributed by atoms with Crippen molar-refractivity contribution in [2.45, 2.75) is 29.4 Å². The molecule has 1 aromatic carbocycles. The lowest BCUT2D eigenvalue weighted by atomic mass is 10.1. The molecule has 1 saturated carbocycles. The number of ketones is 1. The number of hydrogen-bond donors (Lipinski definition) is 1. The molecule has 1 aliphatic rings. The molecular formula is C12H14FNO3S. The smallest absolute Gasteiger partial charge is 0.184 e. The first-order chi connectivity index (χ1) is 8.46. The van der Waals surface area contributed by atoms with Gasteiger partial charge in [-0.1, -0.05) is 0 Å². The fourth-order valence-corrected chi connectivity index (χ4v) is 3.44. The van der Waals surface area contributed by atoms with Gasteiger partial charge >= 0.3 is 0 Å². The Balaban J connectivity index is 2.33. The van der Waals surface area contributed by atoms with Crippen LogP contribution in [0.1, 0.15) is 29.6 Å². The SMILES string of the molecule is NCCC(=O)c1ccc(S(=O)(=O)C2CC2)c(F)c1. The lowest BCUT2D eigenvalue weighted by Gasteiger charge is -2.06. The third-order valence-electron chi connectivity index (χ3n) is 2.89. The maximum Gasteiger partial charge on any atom is 0.184 e. The van der Waals surface area contributed by atoms with Crippen LogP contribution in [0.4, 0.5) is 4.39 Å². The number of carbonyl (C=O) groups is 1. The Bertz CT molecular complexity index is 579. The van der Waals surface area contributed by atoms with Crippen molar-refractivity contribution in [3.63, 3.8) is 0 Å². The number of hydrogen-bond acceptors (Lipinski definition) is 4. The highest BCUT2D eigenvalue weighted by Gasteiger charge is 2.38. The van der Waals surface area contributed by atoms with E-state index in [0.29, 0.717) is 12.8 Å². The minimum absolute atomic E-state index is 0.119. The zero-order valence-electron chi connectivity index (χ0n) is 9.73. The molecule has 6 heteroatoms. The molecule has 1 aliphatic carbocycles. The summed E-state index contributed by atoms with van der Waals surface area (Å²) in [6.07, 6.45) is 1.28. The average molecular weight is 271 g/mol. The summed E-state index contributed by atoms with van der Waals surface area (Å²) in [6.45, 7) is 0.183. The minimum atomic E-state index is -3.56. The fraction of sp³-hybridized carbons (Fsp3) is 0.417. The second kappa shape index (κ2) is 4.78. The summed E-state index contributed by atoms with van der Waals surface area (Å²) in [4.78, 5) is 11.2. The Morgan fingerprint density at radius 2 is 2.06 bits per heavy atom. The quantitative estimate of drug-likeness (QED) is 0.819. The molecule has 98 valence electrons. The van der Waals surface area contributed by atoms with Crippen molar-refractivity contribution in [2.24, 2.45) is 5.73 Å². The van der Waals surface area contributed by atoms with Gasteiger partial charge in [0.25, 0.3) is 0 Å². The average Bonchev–Trinajstić information content (AvgIpc) is 3.12. The van der Waals surface area contributed by atoms with Crippen LogP contribution in [0, 0.1) is 5.82 Å². The summed E-state index contributed by atoms with van der Waals surface area (Å²) in [5.41, 5.74) is 5.40. The van der Waals surface area contributed by atoms with Gasteiger partial charge in [-0.3, -0.25) is 4.79 Å². The molecule has 1 fully saturated rings. The van der Waals surface area contributed by atoms with Crippen molar-refractivity contribution in [3.05, 3.63) is 29.6 Å². The molecule has 0 atom stereocenters. The zero-order chi connectivity index (χ0) is 13.3. The number of sulfone groups is 1. The Hall–Kier alpha value is -1.27. The number of halogens is 1. The fourth-order valence-electron chi connectivity index (χ4n) is 1.74. The van der Waals surface area contributed by atoms with Gasteiger partial charge in [0.1, 0.15) is 10.7 Å². The predicted octanol–water partition coefficient (Wildman–Crippen LogP) is 1.29. The first kappa shape index (κ1) is 13.2. The number of rotatable bonds is 5. The van der Waals surface area contributed by atoms with E-state index in [0.717, 1.165) is 6.07 Å². The number of carbonyl (C=O) groups excluding carboxylic acids is 1. The molecule has 0 aliphatic heterocycles. The van der Waals surface area contributed by atoms with Gasteiger partial charge in [0.2, 0.25) is 0 Å². The van der Waals surface area contributed by atoms with Gasteiger partial charge in [0.15, 0.2) is 15.6 Å². The van der Waals surface area contributed by atoms with Crippen molar-refractivity contribution in [1.82, 2.24) is 0 Å². The second-order valence-electron chi connectivity index (χ2n) is 4.35. The van der Waals surface area contributed by atoms with E-state index in [4.69, 9.17) is 5.73 Å². The molecule has 0 aromatic heterocycles. The number of Topliss-reactive ketones (excluding diaryl/α,β-unsaturated/α-hetero) is 1. The van der Waals surface area contributed by atoms with Gasteiger partial charge in [0.05, 0.1) is 5.25 Å². The van der Waals surface area contributed by atoms with Crippen LogP contribution < -0.4 is 5.73 Å². The first-order valence-corrected chi connectivity index (χ1v) is 7.28. The molecule has 0 heterocycles. The molecule has 4 nitrogen and oxygen atoms in total. The van der Waals surface area contributed by atoms with Gasteiger partial charge in [-0.05, 0) is 37.6 Å². The summed E-state index contributed by atoms with van der Waals surface area (Å²) in [7, 11) is -3.56. The van der Waals surface area contributed by atoms with Gasteiger partial charge in [0, 0.05) is 12.0 Å². The zero-order valence-corrected chi connectivity index (χ0v) is 10.5. The molecule has 0 unspecified atom stereocenters. The van der Waals surface area contributed by atoms with Crippen LogP contribution in [0.5, 0.6) is 0 Å². The van der Waals surface area contributed by atoms with Gasteiger partial charge < -0.3 is 5.73 Å². The molecule has 0 saturated heterocycles. The maximum absolute atomic E-state index is 13.8. The molecular weight excluding hydrogens is 257 g/mol. The minimum Gasteiger partial charge on any atom is -0.330 e. The largest absolute Gasteiger partial charge is 0.330 e. The van der Waals surface area contributed by atoms with Crippen LogP contribution in [0.25, 0.3) is 0 Å². The Kier molecular flexibility index (Phi) is 3.49. The summed E-state index contributed by atoms with van der Waals surface area (Å²) in [5, 5.41) is -0.461. The van der Waals surface area contributed by atoms with Crippen molar-refractivity contribution < 1.29 is 17.6 Å². The van der Waals surface area contributed by atoms with E-state index < -0.39 is 20.9 Å². The van der Waals surface area contributed by atoms with E-state index in [-0.39, 0.29) is 29.2 Å². The molecule has 0 radical (unpaired) electrons. The Morgan fingerprint density at radius 3 is 2.56 bits per heavy atom. The van der Waals surface area contributed by atoms with E-state index in [1.54, 1.807) is 0 Å². The Morgan fingerprint density at radius 1 is 1.39 bits per heavy atom. The van der Waals surface area contributed by atoms with Crippen LogP contribution in [0.15, 0.2) is 23.1 Å². The Labute approximate surface area is 105 Å². The second-order valence-corrected chi connectivity index (χ2v) is 6.55. The summed E-state index contributed by atoms with van der Waals surface area (Å²) < 4.78 is 37.5. The van der Waals surface area contributed by atoms with Crippen LogP contribution in [-0.2, 0) is 9.84 Å². The topological polar surface area (TPSA) is 77.2 Å². The van der Waals surface area contributed by atoms with Crippen molar-refractivity contribution in [2.75, 3.05) is 6.54 Å². The summed E-state index contributed by atoms with van der Waals surface area (Å²) >= 11 is 0. The molecule has 2 N–H and O–H groups in total. The first-order valence-electron chi connectivity index (χ1n) is 5.73. The molecule has 18 heavy (non-hydrogen) atoms. The van der Waals surface area contributed by atoms with E-state index in [1.165, 1.54) is 12.1 Å². The van der Waals surface area contributed by atoms with E-state index in [9.17, 15) is 17.6 Å². The molecule has 1 aromatic rings. The van der Waals surface area contributed by atoms with E-state index >= 15 is 0 Å². The standard InChI is InChI=1S/C12H14FNO3S/c13-10-7-8(11(15)5-6-14)1-4-12(10)18(16,17)9-2-3-9/h1,4,7,9H,2-3,5-6,14H2. The van der Waals surface area contributed by atoms with Gasteiger partial charge in [-0.2, -0.15) is 0 Å². The monoisotopic (exact) mass is 271 g/mol.